The zero-order valence-corrected chi connectivity index (χ0v) is 8.61. The summed E-state index contributed by atoms with van der Waals surface area (Å²) >= 11 is 0. The van der Waals surface area contributed by atoms with E-state index in [2.05, 4.69) is 0 Å². The van der Waals surface area contributed by atoms with Crippen LogP contribution in [0.15, 0.2) is 24.3 Å². The summed E-state index contributed by atoms with van der Waals surface area (Å²) in [6.45, 7) is -0.530. The summed E-state index contributed by atoms with van der Waals surface area (Å²) < 4.78 is 24.6. The van der Waals surface area contributed by atoms with Crippen LogP contribution in [0.1, 0.15) is 5.56 Å². The lowest BCUT2D eigenvalue weighted by atomic mass is 10.2. The topological polar surface area (TPSA) is 47.3 Å². The van der Waals surface area contributed by atoms with Crippen LogP contribution in [0, 0.1) is 11.3 Å². The molecule has 0 saturated heterocycles. The van der Waals surface area contributed by atoms with Gasteiger partial charge in [0.15, 0.2) is 0 Å². The minimum Gasteiger partial charge on any atom is -0.395 e. The van der Waals surface area contributed by atoms with Crippen molar-refractivity contribution >= 4 is 5.69 Å². The standard InChI is InChI=1S/C11H12F2N2O/c12-11(13)8-15(4-5-16)10-3-1-2-9(6-10)7-14/h1-3,6,11,16H,4-5,8H2. The number of hydrogen-bond acceptors (Lipinski definition) is 3. The number of anilines is 1. The van der Waals surface area contributed by atoms with Crippen LogP contribution in [-0.2, 0) is 0 Å². The van der Waals surface area contributed by atoms with Gasteiger partial charge in [-0.3, -0.25) is 0 Å². The third-order valence-electron chi connectivity index (χ3n) is 2.07. The van der Waals surface area contributed by atoms with Crippen LogP contribution in [-0.4, -0.2) is 31.2 Å². The third-order valence-corrected chi connectivity index (χ3v) is 2.07. The molecule has 3 nitrogen and oxygen atoms in total. The van der Waals surface area contributed by atoms with Crippen molar-refractivity contribution in [2.45, 2.75) is 6.43 Å². The molecular weight excluding hydrogens is 214 g/mol. The van der Waals surface area contributed by atoms with Crippen molar-refractivity contribution in [3.8, 4) is 6.07 Å². The number of hydrogen-bond donors (Lipinski definition) is 1. The van der Waals surface area contributed by atoms with Crippen LogP contribution in [0.5, 0.6) is 0 Å². The third kappa shape index (κ3) is 3.48. The van der Waals surface area contributed by atoms with Crippen LogP contribution in [0.4, 0.5) is 14.5 Å². The van der Waals surface area contributed by atoms with Crippen molar-refractivity contribution in [1.29, 1.82) is 5.26 Å². The van der Waals surface area contributed by atoms with Crippen molar-refractivity contribution in [3.63, 3.8) is 0 Å². The van der Waals surface area contributed by atoms with E-state index in [9.17, 15) is 8.78 Å². The molecular formula is C11H12F2N2O. The van der Waals surface area contributed by atoms with Gasteiger partial charge >= 0.3 is 0 Å². The summed E-state index contributed by atoms with van der Waals surface area (Å²) in [5, 5.41) is 17.5. The summed E-state index contributed by atoms with van der Waals surface area (Å²) in [5.41, 5.74) is 0.933. The number of aliphatic hydroxyl groups excluding tert-OH is 1. The summed E-state index contributed by atoms with van der Waals surface area (Å²) in [7, 11) is 0. The smallest absolute Gasteiger partial charge is 0.255 e. The summed E-state index contributed by atoms with van der Waals surface area (Å²) in [4.78, 5) is 1.35. The van der Waals surface area contributed by atoms with Crippen molar-refractivity contribution in [3.05, 3.63) is 29.8 Å². The normalized spacial score (nSPS) is 10.2. The quantitative estimate of drug-likeness (QED) is 0.829. The predicted molar refractivity (Wildman–Crippen MR) is 56.5 cm³/mol. The average Bonchev–Trinajstić information content (AvgIpc) is 2.28. The largest absolute Gasteiger partial charge is 0.395 e. The minimum absolute atomic E-state index is 0.124. The van der Waals surface area contributed by atoms with E-state index < -0.39 is 13.0 Å². The molecule has 0 spiro atoms. The number of halogens is 2. The lowest BCUT2D eigenvalue weighted by molar-refractivity contribution is 0.153. The highest BCUT2D eigenvalue weighted by Gasteiger charge is 2.12. The molecule has 0 aromatic heterocycles. The molecule has 1 aromatic carbocycles. The Bertz CT molecular complexity index is 376. The first kappa shape index (κ1) is 12.4. The van der Waals surface area contributed by atoms with E-state index in [0.29, 0.717) is 11.3 Å². The number of nitriles is 1. The monoisotopic (exact) mass is 226 g/mol. The summed E-state index contributed by atoms with van der Waals surface area (Å²) in [6.07, 6.45) is -2.47. The molecule has 0 aliphatic carbocycles. The molecule has 86 valence electrons. The Morgan fingerprint density at radius 2 is 2.19 bits per heavy atom. The van der Waals surface area contributed by atoms with Gasteiger partial charge in [-0.05, 0) is 18.2 Å². The Balaban J connectivity index is 2.87. The SMILES string of the molecule is N#Cc1cccc(N(CCO)CC(F)F)c1. The molecule has 16 heavy (non-hydrogen) atoms. The van der Waals surface area contributed by atoms with Crippen LogP contribution in [0.3, 0.4) is 0 Å². The van der Waals surface area contributed by atoms with Gasteiger partial charge in [-0.1, -0.05) is 6.07 Å². The van der Waals surface area contributed by atoms with Gasteiger partial charge in [0.2, 0.25) is 0 Å². The molecule has 0 atom stereocenters. The molecule has 0 aliphatic rings. The highest BCUT2D eigenvalue weighted by Crippen LogP contribution is 2.16. The Labute approximate surface area is 92.5 Å². The predicted octanol–water partition coefficient (Wildman–Crippen LogP) is 1.62. The molecule has 0 unspecified atom stereocenters. The van der Waals surface area contributed by atoms with E-state index in [-0.39, 0.29) is 13.2 Å². The van der Waals surface area contributed by atoms with Crippen molar-refractivity contribution < 1.29 is 13.9 Å². The van der Waals surface area contributed by atoms with E-state index >= 15 is 0 Å². The number of rotatable bonds is 5. The van der Waals surface area contributed by atoms with Crippen molar-refractivity contribution in [2.24, 2.45) is 0 Å². The molecule has 1 N–H and O–H groups in total. The zero-order valence-electron chi connectivity index (χ0n) is 8.61. The minimum atomic E-state index is -2.47. The van der Waals surface area contributed by atoms with Gasteiger partial charge in [-0.25, -0.2) is 8.78 Å². The molecule has 0 amide bonds. The lowest BCUT2D eigenvalue weighted by Crippen LogP contribution is -2.31. The maximum Gasteiger partial charge on any atom is 0.255 e. The Morgan fingerprint density at radius 3 is 2.75 bits per heavy atom. The molecule has 0 bridgehead atoms. The van der Waals surface area contributed by atoms with Gasteiger partial charge in [-0.2, -0.15) is 5.26 Å². The van der Waals surface area contributed by atoms with E-state index in [0.717, 1.165) is 0 Å². The van der Waals surface area contributed by atoms with Gasteiger partial charge in [0.05, 0.1) is 24.8 Å². The fraction of sp³-hybridized carbons (Fsp3) is 0.364. The first-order valence-electron chi connectivity index (χ1n) is 4.81. The van der Waals surface area contributed by atoms with E-state index in [1.165, 1.54) is 11.0 Å². The second kappa shape index (κ2) is 6.03. The number of benzene rings is 1. The van der Waals surface area contributed by atoms with Crippen LogP contribution in [0.25, 0.3) is 0 Å². The number of aliphatic hydroxyl groups is 1. The van der Waals surface area contributed by atoms with Crippen molar-refractivity contribution in [1.82, 2.24) is 0 Å². The molecule has 5 heteroatoms. The van der Waals surface area contributed by atoms with Gasteiger partial charge < -0.3 is 10.0 Å². The summed E-state index contributed by atoms with van der Waals surface area (Å²) in [6, 6.07) is 8.33. The average molecular weight is 226 g/mol. The first-order valence-corrected chi connectivity index (χ1v) is 4.81. The highest BCUT2D eigenvalue weighted by molar-refractivity contribution is 5.51. The fourth-order valence-electron chi connectivity index (χ4n) is 1.39. The fourth-order valence-corrected chi connectivity index (χ4v) is 1.39. The van der Waals surface area contributed by atoms with Crippen LogP contribution in [0.2, 0.25) is 0 Å². The molecule has 1 aromatic rings. The summed E-state index contributed by atoms with van der Waals surface area (Å²) in [5.74, 6) is 0. The molecule has 1 rings (SSSR count). The second-order valence-corrected chi connectivity index (χ2v) is 3.22. The van der Waals surface area contributed by atoms with E-state index in [1.807, 2.05) is 6.07 Å². The second-order valence-electron chi connectivity index (χ2n) is 3.22. The highest BCUT2D eigenvalue weighted by atomic mass is 19.3. The van der Waals surface area contributed by atoms with Gasteiger partial charge in [0.25, 0.3) is 6.43 Å². The van der Waals surface area contributed by atoms with Gasteiger partial charge in [-0.15, -0.1) is 0 Å². The molecule has 0 saturated carbocycles. The Morgan fingerprint density at radius 1 is 1.44 bits per heavy atom. The number of nitrogens with zero attached hydrogens (tertiary/aromatic N) is 2. The zero-order chi connectivity index (χ0) is 12.0. The van der Waals surface area contributed by atoms with Gasteiger partial charge in [0, 0.05) is 12.2 Å². The van der Waals surface area contributed by atoms with E-state index in [1.54, 1.807) is 18.2 Å². The lowest BCUT2D eigenvalue weighted by Gasteiger charge is -2.23. The van der Waals surface area contributed by atoms with Crippen LogP contribution < -0.4 is 4.90 Å². The maximum atomic E-state index is 12.3. The van der Waals surface area contributed by atoms with Gasteiger partial charge in [0.1, 0.15) is 0 Å². The Hall–Kier alpha value is -1.67. The molecule has 0 heterocycles. The molecule has 0 radical (unpaired) electrons. The van der Waals surface area contributed by atoms with E-state index in [4.69, 9.17) is 10.4 Å². The Kier molecular flexibility index (Phi) is 4.67. The molecule has 0 fully saturated rings. The molecule has 0 aliphatic heterocycles. The van der Waals surface area contributed by atoms with Crippen LogP contribution >= 0.6 is 0 Å². The first-order chi connectivity index (χ1) is 7.67. The maximum absolute atomic E-state index is 12.3. The number of alkyl halides is 2. The van der Waals surface area contributed by atoms with Crippen molar-refractivity contribution in [2.75, 3.05) is 24.6 Å².